The fourth-order valence-electron chi connectivity index (χ4n) is 4.33. The van der Waals surface area contributed by atoms with Crippen LogP contribution in [0.3, 0.4) is 0 Å². The van der Waals surface area contributed by atoms with Gasteiger partial charge in [-0.3, -0.25) is 4.68 Å². The molecule has 1 atom stereocenters. The summed E-state index contributed by atoms with van der Waals surface area (Å²) in [6.45, 7) is 7.72. The summed E-state index contributed by atoms with van der Waals surface area (Å²) in [4.78, 5) is 11.1. The predicted molar refractivity (Wildman–Crippen MR) is 121 cm³/mol. The lowest BCUT2D eigenvalue weighted by atomic mass is 9.68. The smallest absolute Gasteiger partial charge is 0.335 e. The Balaban J connectivity index is 1.75. The average Bonchev–Trinajstić information content (AvgIpc) is 3.23. The van der Waals surface area contributed by atoms with E-state index >= 15 is 0 Å². The lowest BCUT2D eigenvalue weighted by Gasteiger charge is -2.37. The van der Waals surface area contributed by atoms with E-state index in [0.29, 0.717) is 11.5 Å². The van der Waals surface area contributed by atoms with Crippen molar-refractivity contribution < 1.29 is 9.90 Å². The number of carboxylic acids is 1. The van der Waals surface area contributed by atoms with Crippen LogP contribution in [0.25, 0.3) is 12.2 Å². The molecule has 4 heteroatoms. The van der Waals surface area contributed by atoms with Crippen molar-refractivity contribution in [2.45, 2.75) is 51.5 Å². The highest BCUT2D eigenvalue weighted by Gasteiger charge is 2.31. The first-order valence-electron chi connectivity index (χ1n) is 10.5. The molecule has 4 nitrogen and oxygen atoms in total. The van der Waals surface area contributed by atoms with E-state index in [0.717, 1.165) is 12.1 Å². The van der Waals surface area contributed by atoms with Gasteiger partial charge in [-0.15, -0.1) is 0 Å². The Bertz CT molecular complexity index is 1080. The van der Waals surface area contributed by atoms with Crippen LogP contribution in [0.15, 0.2) is 54.9 Å². The molecular formula is C26H28N2O2. The molecule has 30 heavy (non-hydrogen) atoms. The third-order valence-corrected chi connectivity index (χ3v) is 6.28. The highest BCUT2D eigenvalue weighted by atomic mass is 16.4. The largest absolute Gasteiger partial charge is 0.478 e. The summed E-state index contributed by atoms with van der Waals surface area (Å²) in [7, 11) is 0. The van der Waals surface area contributed by atoms with E-state index in [9.17, 15) is 4.79 Å². The number of carbonyl (C=O) groups is 1. The van der Waals surface area contributed by atoms with E-state index in [4.69, 9.17) is 5.11 Å². The van der Waals surface area contributed by atoms with Gasteiger partial charge in [0.05, 0.1) is 12.1 Å². The first kappa shape index (κ1) is 20.1. The minimum absolute atomic E-state index is 0.164. The Morgan fingerprint density at radius 3 is 2.67 bits per heavy atom. The van der Waals surface area contributed by atoms with Crippen LogP contribution in [0.2, 0.25) is 0 Å². The highest BCUT2D eigenvalue weighted by molar-refractivity contribution is 5.88. The molecule has 0 amide bonds. The molecule has 1 N–H and O–H groups in total. The summed E-state index contributed by atoms with van der Waals surface area (Å²) < 4.78 is 1.96. The van der Waals surface area contributed by atoms with E-state index < -0.39 is 5.97 Å². The normalized spacial score (nSPS) is 17.8. The third kappa shape index (κ3) is 4.09. The molecule has 0 fully saturated rings. The number of fused-ring (bicyclic) bond motifs is 1. The number of benzene rings is 2. The Labute approximate surface area is 177 Å². The van der Waals surface area contributed by atoms with Crippen molar-refractivity contribution in [3.63, 3.8) is 0 Å². The molecule has 4 rings (SSSR count). The molecule has 1 aliphatic carbocycles. The number of hydrogen-bond acceptors (Lipinski definition) is 2. The fourth-order valence-corrected chi connectivity index (χ4v) is 4.33. The summed E-state index contributed by atoms with van der Waals surface area (Å²) in [5, 5.41) is 13.5. The van der Waals surface area contributed by atoms with Gasteiger partial charge in [0.25, 0.3) is 0 Å². The summed E-state index contributed by atoms with van der Waals surface area (Å²) >= 11 is 0. The summed E-state index contributed by atoms with van der Waals surface area (Å²) in [5.74, 6) is -0.343. The van der Waals surface area contributed by atoms with Crippen molar-refractivity contribution in [3.8, 4) is 0 Å². The van der Waals surface area contributed by atoms with Crippen LogP contribution in [0.5, 0.6) is 0 Å². The lowest BCUT2D eigenvalue weighted by Crippen LogP contribution is -2.26. The number of nitrogens with zero attached hydrogens (tertiary/aromatic N) is 2. The molecule has 0 bridgehead atoms. The fraction of sp³-hybridized carbons (Fsp3) is 0.308. The van der Waals surface area contributed by atoms with Crippen LogP contribution in [0.4, 0.5) is 0 Å². The Morgan fingerprint density at radius 1 is 1.23 bits per heavy atom. The monoisotopic (exact) mass is 400 g/mol. The number of aromatic carboxylic acids is 1. The van der Waals surface area contributed by atoms with Crippen molar-refractivity contribution in [1.82, 2.24) is 9.78 Å². The van der Waals surface area contributed by atoms with E-state index in [1.54, 1.807) is 12.1 Å². The molecule has 154 valence electrons. The number of carboxylic acid groups (broad SMARTS) is 1. The summed E-state index contributed by atoms with van der Waals surface area (Å²) in [6, 6.07) is 13.6. The van der Waals surface area contributed by atoms with Crippen LogP contribution in [-0.4, -0.2) is 20.9 Å². The summed E-state index contributed by atoms with van der Waals surface area (Å²) in [5.41, 5.74) is 6.78. The van der Waals surface area contributed by atoms with Gasteiger partial charge in [0.15, 0.2) is 0 Å². The van der Waals surface area contributed by atoms with Crippen LogP contribution < -0.4 is 0 Å². The van der Waals surface area contributed by atoms with Crippen molar-refractivity contribution in [2.75, 3.05) is 0 Å². The number of rotatable bonds is 5. The zero-order chi connectivity index (χ0) is 21.3. The van der Waals surface area contributed by atoms with Crippen molar-refractivity contribution in [1.29, 1.82) is 0 Å². The number of aromatic nitrogens is 2. The van der Waals surface area contributed by atoms with Crippen molar-refractivity contribution >= 4 is 18.1 Å². The van der Waals surface area contributed by atoms with E-state index in [-0.39, 0.29) is 5.41 Å². The standard InChI is InChI=1S/C26H28N2O2/c1-18-11-12-26(2,3)24-16-21(10-7-19-5-8-20(9-6-19)25(29)30)22(15-23(18)24)17-28-14-4-13-27-28/h4-10,13-16,18H,11-12,17H2,1-3H3,(H,29,30)/b10-7+. The second-order valence-electron chi connectivity index (χ2n) is 8.93. The molecule has 0 spiro atoms. The minimum Gasteiger partial charge on any atom is -0.478 e. The van der Waals surface area contributed by atoms with Crippen molar-refractivity contribution in [3.05, 3.63) is 88.2 Å². The van der Waals surface area contributed by atoms with Gasteiger partial charge in [-0.25, -0.2) is 4.79 Å². The first-order chi connectivity index (χ1) is 14.3. The van der Waals surface area contributed by atoms with Crippen LogP contribution in [0, 0.1) is 0 Å². The molecule has 1 unspecified atom stereocenters. The Hall–Kier alpha value is -3.14. The minimum atomic E-state index is -0.905. The molecule has 0 saturated heterocycles. The van der Waals surface area contributed by atoms with Gasteiger partial charge in [0.2, 0.25) is 0 Å². The van der Waals surface area contributed by atoms with Gasteiger partial charge in [0, 0.05) is 12.4 Å². The van der Waals surface area contributed by atoms with Gasteiger partial charge in [-0.1, -0.05) is 57.2 Å². The molecule has 1 heterocycles. The van der Waals surface area contributed by atoms with Crippen LogP contribution in [0.1, 0.15) is 77.7 Å². The molecular weight excluding hydrogens is 372 g/mol. The zero-order valence-electron chi connectivity index (χ0n) is 17.8. The molecule has 0 aliphatic heterocycles. The SMILES string of the molecule is CC1CCC(C)(C)c2cc(/C=C/c3ccc(C(=O)O)cc3)c(Cn3cccn3)cc21. The Kier molecular flexibility index (Phi) is 5.33. The highest BCUT2D eigenvalue weighted by Crippen LogP contribution is 2.43. The topological polar surface area (TPSA) is 55.1 Å². The molecule has 3 aromatic rings. The van der Waals surface area contributed by atoms with E-state index in [1.165, 1.54) is 35.1 Å². The molecule has 2 aromatic carbocycles. The van der Waals surface area contributed by atoms with Gasteiger partial charge < -0.3 is 5.11 Å². The molecule has 1 aromatic heterocycles. The average molecular weight is 401 g/mol. The van der Waals surface area contributed by atoms with E-state index in [2.05, 4.69) is 50.2 Å². The maximum atomic E-state index is 11.1. The van der Waals surface area contributed by atoms with Crippen molar-refractivity contribution in [2.24, 2.45) is 0 Å². The maximum Gasteiger partial charge on any atom is 0.335 e. The number of hydrogen-bond donors (Lipinski definition) is 1. The second kappa shape index (κ2) is 7.94. The van der Waals surface area contributed by atoms with Gasteiger partial charge >= 0.3 is 5.97 Å². The molecule has 1 aliphatic rings. The second-order valence-corrected chi connectivity index (χ2v) is 8.93. The Morgan fingerprint density at radius 2 is 2.00 bits per heavy atom. The van der Waals surface area contributed by atoms with Gasteiger partial charge in [0.1, 0.15) is 0 Å². The van der Waals surface area contributed by atoms with Crippen LogP contribution >= 0.6 is 0 Å². The maximum absolute atomic E-state index is 11.1. The summed E-state index contributed by atoms with van der Waals surface area (Å²) in [6.07, 6.45) is 10.4. The quantitative estimate of drug-likeness (QED) is 0.536. The first-order valence-corrected chi connectivity index (χ1v) is 10.5. The van der Waals surface area contributed by atoms with Crippen LogP contribution in [-0.2, 0) is 12.0 Å². The lowest BCUT2D eigenvalue weighted by molar-refractivity contribution is 0.0697. The molecule has 0 radical (unpaired) electrons. The third-order valence-electron chi connectivity index (χ3n) is 6.28. The molecule has 0 saturated carbocycles. The zero-order valence-corrected chi connectivity index (χ0v) is 17.8. The van der Waals surface area contributed by atoms with E-state index in [1.807, 2.05) is 35.3 Å². The predicted octanol–water partition coefficient (Wildman–Crippen LogP) is 5.97. The van der Waals surface area contributed by atoms with Gasteiger partial charge in [-0.2, -0.15) is 5.10 Å². The van der Waals surface area contributed by atoms with Gasteiger partial charge in [-0.05, 0) is 70.2 Å².